The van der Waals surface area contributed by atoms with Gasteiger partial charge in [-0.3, -0.25) is 9.59 Å². The number of benzene rings is 3. The minimum Gasteiger partial charge on any atom is -0.326 e. The first kappa shape index (κ1) is 20.9. The third-order valence-electron chi connectivity index (χ3n) is 4.16. The van der Waals surface area contributed by atoms with Gasteiger partial charge in [0.25, 0.3) is 0 Å². The van der Waals surface area contributed by atoms with Gasteiger partial charge in [-0.25, -0.2) is 0 Å². The molecule has 150 valence electrons. The van der Waals surface area contributed by atoms with Gasteiger partial charge in [-0.2, -0.15) is 13.2 Å². The van der Waals surface area contributed by atoms with Gasteiger partial charge in [0.05, 0.1) is 5.56 Å². The molecule has 29 heavy (non-hydrogen) atoms. The largest absolute Gasteiger partial charge is 0.416 e. The number of rotatable bonds is 5. The molecular formula is C21H16BrF3N2O2. The number of amides is 2. The highest BCUT2D eigenvalue weighted by atomic mass is 79.9. The molecule has 0 saturated heterocycles. The number of carbonyl (C=O) groups is 2. The van der Waals surface area contributed by atoms with Gasteiger partial charge in [0.2, 0.25) is 11.8 Å². The van der Waals surface area contributed by atoms with E-state index in [9.17, 15) is 22.8 Å². The Bertz CT molecular complexity index is 1070. The zero-order valence-corrected chi connectivity index (χ0v) is 16.6. The maximum Gasteiger partial charge on any atom is 0.416 e. The summed E-state index contributed by atoms with van der Waals surface area (Å²) in [4.78, 5) is 24.1. The second kappa shape index (κ2) is 8.65. The summed E-state index contributed by atoms with van der Waals surface area (Å²) >= 11 is 3.46. The first-order valence-electron chi connectivity index (χ1n) is 8.67. The van der Waals surface area contributed by atoms with Crippen LogP contribution in [0.15, 0.2) is 65.1 Å². The molecule has 0 saturated carbocycles. The van der Waals surface area contributed by atoms with Crippen LogP contribution < -0.4 is 10.6 Å². The van der Waals surface area contributed by atoms with Crippen molar-refractivity contribution in [2.45, 2.75) is 19.0 Å². The Morgan fingerprint density at radius 2 is 1.45 bits per heavy atom. The molecule has 3 aromatic rings. The van der Waals surface area contributed by atoms with Crippen molar-refractivity contribution in [2.75, 3.05) is 10.6 Å². The molecule has 0 radical (unpaired) electrons. The van der Waals surface area contributed by atoms with Gasteiger partial charge in [-0.1, -0.05) is 40.2 Å². The van der Waals surface area contributed by atoms with Crippen molar-refractivity contribution in [3.05, 3.63) is 70.7 Å². The number of carbonyl (C=O) groups excluding carboxylic acids is 2. The van der Waals surface area contributed by atoms with Crippen molar-refractivity contribution in [3.8, 4) is 0 Å². The molecule has 0 aliphatic carbocycles. The van der Waals surface area contributed by atoms with E-state index in [0.717, 1.165) is 27.4 Å². The van der Waals surface area contributed by atoms with Gasteiger partial charge in [-0.15, -0.1) is 0 Å². The summed E-state index contributed by atoms with van der Waals surface area (Å²) in [5, 5.41) is 7.05. The van der Waals surface area contributed by atoms with E-state index in [0.29, 0.717) is 5.69 Å². The third-order valence-corrected chi connectivity index (χ3v) is 4.86. The van der Waals surface area contributed by atoms with Crippen molar-refractivity contribution in [2.24, 2.45) is 0 Å². The monoisotopic (exact) mass is 464 g/mol. The fourth-order valence-electron chi connectivity index (χ4n) is 2.77. The zero-order valence-electron chi connectivity index (χ0n) is 15.0. The quantitative estimate of drug-likeness (QED) is 0.487. The summed E-state index contributed by atoms with van der Waals surface area (Å²) in [6, 6.07) is 15.5. The maximum atomic E-state index is 12.7. The summed E-state index contributed by atoms with van der Waals surface area (Å²) in [6.45, 7) is 0. The van der Waals surface area contributed by atoms with Gasteiger partial charge in [0.1, 0.15) is 0 Å². The van der Waals surface area contributed by atoms with Crippen LogP contribution in [0.5, 0.6) is 0 Å². The van der Waals surface area contributed by atoms with E-state index in [2.05, 4.69) is 26.6 Å². The van der Waals surface area contributed by atoms with Crippen molar-refractivity contribution in [1.29, 1.82) is 0 Å². The minimum absolute atomic E-state index is 0.0327. The summed E-state index contributed by atoms with van der Waals surface area (Å²) in [7, 11) is 0. The molecule has 0 atom stereocenters. The molecule has 0 bridgehead atoms. The SMILES string of the molecule is O=C(CCC(=O)Nc1ccc2c(Br)cccc2c1)Nc1cccc(C(F)(F)F)c1. The fourth-order valence-corrected chi connectivity index (χ4v) is 3.28. The highest BCUT2D eigenvalue weighted by Gasteiger charge is 2.30. The van der Waals surface area contributed by atoms with E-state index in [1.54, 1.807) is 6.07 Å². The van der Waals surface area contributed by atoms with E-state index in [1.165, 1.54) is 12.1 Å². The molecule has 0 aliphatic heterocycles. The van der Waals surface area contributed by atoms with Gasteiger partial charge in [0, 0.05) is 28.7 Å². The number of hydrogen-bond acceptors (Lipinski definition) is 2. The summed E-state index contributed by atoms with van der Waals surface area (Å²) < 4.78 is 39.1. The normalized spacial score (nSPS) is 11.3. The van der Waals surface area contributed by atoms with Crippen LogP contribution >= 0.6 is 15.9 Å². The lowest BCUT2D eigenvalue weighted by Gasteiger charge is -2.10. The van der Waals surface area contributed by atoms with Crippen LogP contribution in [0, 0.1) is 0 Å². The Labute approximate surface area is 173 Å². The van der Waals surface area contributed by atoms with E-state index >= 15 is 0 Å². The first-order chi connectivity index (χ1) is 13.7. The number of nitrogens with one attached hydrogen (secondary N) is 2. The van der Waals surface area contributed by atoms with Gasteiger partial charge >= 0.3 is 6.18 Å². The van der Waals surface area contributed by atoms with Crippen molar-refractivity contribution < 1.29 is 22.8 Å². The molecule has 0 fully saturated rings. The summed E-state index contributed by atoms with van der Waals surface area (Å²) in [6.07, 6.45) is -4.74. The summed E-state index contributed by atoms with van der Waals surface area (Å²) in [5.74, 6) is -0.902. The van der Waals surface area contributed by atoms with Crippen LogP contribution in [0.25, 0.3) is 10.8 Å². The van der Waals surface area contributed by atoms with Crippen LogP contribution in [0.2, 0.25) is 0 Å². The van der Waals surface area contributed by atoms with Crippen LogP contribution in [0.3, 0.4) is 0 Å². The van der Waals surface area contributed by atoms with Crippen molar-refractivity contribution >= 4 is 49.9 Å². The molecule has 0 unspecified atom stereocenters. The molecule has 0 aliphatic rings. The molecule has 0 spiro atoms. The topological polar surface area (TPSA) is 58.2 Å². The number of alkyl halides is 3. The van der Waals surface area contributed by atoms with E-state index < -0.39 is 17.6 Å². The molecule has 8 heteroatoms. The lowest BCUT2D eigenvalue weighted by atomic mass is 10.1. The molecule has 3 aromatic carbocycles. The lowest BCUT2D eigenvalue weighted by molar-refractivity contribution is -0.137. The lowest BCUT2D eigenvalue weighted by Crippen LogP contribution is -2.17. The number of hydrogen-bond donors (Lipinski definition) is 2. The Hall–Kier alpha value is -2.87. The van der Waals surface area contributed by atoms with E-state index in [-0.39, 0.29) is 24.4 Å². The molecule has 4 nitrogen and oxygen atoms in total. The summed E-state index contributed by atoms with van der Waals surface area (Å²) in [5.41, 5.74) is -0.222. The number of fused-ring (bicyclic) bond motifs is 1. The second-order valence-corrected chi connectivity index (χ2v) is 7.21. The first-order valence-corrected chi connectivity index (χ1v) is 9.47. The fraction of sp³-hybridized carbons (Fsp3) is 0.143. The Kier molecular flexibility index (Phi) is 6.22. The number of halogens is 4. The maximum absolute atomic E-state index is 12.7. The predicted molar refractivity (Wildman–Crippen MR) is 110 cm³/mol. The molecule has 0 heterocycles. The average molecular weight is 465 g/mol. The smallest absolute Gasteiger partial charge is 0.326 e. The number of anilines is 2. The van der Waals surface area contributed by atoms with Crippen LogP contribution in [-0.4, -0.2) is 11.8 Å². The van der Waals surface area contributed by atoms with Gasteiger partial charge in [0.15, 0.2) is 0 Å². The highest BCUT2D eigenvalue weighted by molar-refractivity contribution is 9.10. The molecule has 2 N–H and O–H groups in total. The highest BCUT2D eigenvalue weighted by Crippen LogP contribution is 2.30. The Morgan fingerprint density at radius 3 is 2.10 bits per heavy atom. The van der Waals surface area contributed by atoms with Crippen LogP contribution in [0.1, 0.15) is 18.4 Å². The average Bonchev–Trinajstić information content (AvgIpc) is 2.66. The van der Waals surface area contributed by atoms with E-state index in [1.807, 2.05) is 30.3 Å². The molecular weight excluding hydrogens is 449 g/mol. The molecule has 3 rings (SSSR count). The van der Waals surface area contributed by atoms with E-state index in [4.69, 9.17) is 0 Å². The van der Waals surface area contributed by atoms with Crippen molar-refractivity contribution in [3.63, 3.8) is 0 Å². The van der Waals surface area contributed by atoms with Crippen molar-refractivity contribution in [1.82, 2.24) is 0 Å². The second-order valence-electron chi connectivity index (χ2n) is 6.35. The molecule has 0 aromatic heterocycles. The van der Waals surface area contributed by atoms with Crippen LogP contribution in [-0.2, 0) is 15.8 Å². The van der Waals surface area contributed by atoms with Gasteiger partial charge < -0.3 is 10.6 Å². The van der Waals surface area contributed by atoms with Gasteiger partial charge in [-0.05, 0) is 47.2 Å². The Morgan fingerprint density at radius 1 is 0.828 bits per heavy atom. The molecule has 2 amide bonds. The minimum atomic E-state index is -4.49. The predicted octanol–water partition coefficient (Wildman–Crippen LogP) is 5.98. The zero-order chi connectivity index (χ0) is 21.0. The van der Waals surface area contributed by atoms with Crippen LogP contribution in [0.4, 0.5) is 24.5 Å². The third kappa shape index (κ3) is 5.57. The Balaban J connectivity index is 1.55. The standard InChI is InChI=1S/C21H16BrF3N2O2/c22-18-6-1-3-13-11-16(7-8-17(13)18)27-20(29)10-9-19(28)26-15-5-2-4-14(12-15)21(23,24)25/h1-8,11-12H,9-10H2,(H,26,28)(H,27,29).